The van der Waals surface area contributed by atoms with E-state index in [1.54, 1.807) is 43.3 Å². The van der Waals surface area contributed by atoms with Gasteiger partial charge in [-0.2, -0.15) is 12.0 Å². The molecular weight excluding hydrogens is 629 g/mol. The number of aliphatic hydroxyl groups is 2. The zero-order valence-electron chi connectivity index (χ0n) is 26.4. The third kappa shape index (κ3) is 9.91. The van der Waals surface area contributed by atoms with Crippen LogP contribution in [0, 0.1) is 0 Å². The number of aliphatic hydroxyl groups excluding tert-OH is 2. The molecule has 2 saturated carbocycles. The summed E-state index contributed by atoms with van der Waals surface area (Å²) in [6, 6.07) is 13.6. The van der Waals surface area contributed by atoms with Gasteiger partial charge in [-0.3, -0.25) is 24.1 Å². The summed E-state index contributed by atoms with van der Waals surface area (Å²) in [7, 11) is 0.750. The van der Waals surface area contributed by atoms with Gasteiger partial charge in [-0.1, -0.05) is 24.3 Å². The average molecular weight is 670 g/mol. The van der Waals surface area contributed by atoms with Crippen molar-refractivity contribution in [2.24, 2.45) is 5.73 Å². The third-order valence-electron chi connectivity index (χ3n) is 7.84. The van der Waals surface area contributed by atoms with E-state index >= 15 is 0 Å². The summed E-state index contributed by atoms with van der Waals surface area (Å²) in [5.74, 6) is -1.62. The number of imide groups is 4. The Morgan fingerprint density at radius 3 is 1.43 bits per heavy atom. The molecule has 0 saturated heterocycles. The molecule has 2 heterocycles. The number of rotatable bonds is 2. The van der Waals surface area contributed by atoms with Crippen molar-refractivity contribution in [1.82, 2.24) is 9.80 Å². The molecule has 2 aromatic rings. The van der Waals surface area contributed by atoms with E-state index in [-0.39, 0.29) is 89.8 Å². The zero-order chi connectivity index (χ0) is 32.4. The van der Waals surface area contributed by atoms with Crippen molar-refractivity contribution >= 4 is 42.1 Å². The number of ether oxygens (including phenoxy) is 1. The second kappa shape index (κ2) is 19.9. The van der Waals surface area contributed by atoms with Crippen LogP contribution in [0.5, 0.6) is 0 Å². The van der Waals surface area contributed by atoms with Gasteiger partial charge in [-0.05, 0) is 82.6 Å². The van der Waals surface area contributed by atoms with Gasteiger partial charge in [0.15, 0.2) is 0 Å². The number of nitrogens with zero attached hydrogens (tertiary/aromatic N) is 2. The van der Waals surface area contributed by atoms with Crippen molar-refractivity contribution in [2.75, 3.05) is 13.7 Å². The molecule has 5 amide bonds. The summed E-state index contributed by atoms with van der Waals surface area (Å²) in [4.78, 5) is 61.2. The maximum atomic E-state index is 12.2. The minimum atomic E-state index is -0.922. The van der Waals surface area contributed by atoms with Gasteiger partial charge in [-0.15, -0.1) is 12.4 Å². The van der Waals surface area contributed by atoms with Gasteiger partial charge in [0.05, 0.1) is 41.1 Å². The van der Waals surface area contributed by atoms with Crippen LogP contribution in [0.3, 0.4) is 0 Å². The fraction of sp³-hybridized carbons (Fsp3) is 0.469. The molecule has 12 nitrogen and oxygen atoms in total. The van der Waals surface area contributed by atoms with Crippen molar-refractivity contribution in [3.63, 3.8) is 0 Å². The Balaban J connectivity index is 0.000000348. The molecule has 46 heavy (non-hydrogen) atoms. The number of fused-ring (bicyclic) bond motifs is 2. The van der Waals surface area contributed by atoms with Gasteiger partial charge in [-0.25, -0.2) is 4.79 Å². The predicted molar refractivity (Wildman–Crippen MR) is 165 cm³/mol. The van der Waals surface area contributed by atoms with Gasteiger partial charge in [0.1, 0.15) is 0 Å². The summed E-state index contributed by atoms with van der Waals surface area (Å²) in [5.41, 5.74) is 7.08. The maximum absolute atomic E-state index is 12.2. The first kappa shape index (κ1) is 41.3. The van der Waals surface area contributed by atoms with Crippen molar-refractivity contribution < 1.29 is 73.6 Å². The summed E-state index contributed by atoms with van der Waals surface area (Å²) in [6.07, 6.45) is 5.28. The Labute approximate surface area is 297 Å². The molecule has 0 atom stereocenters. The molecule has 2 aliphatic heterocycles. The number of amides is 5. The van der Waals surface area contributed by atoms with Gasteiger partial charge in [0, 0.05) is 12.1 Å². The minimum Gasteiger partial charge on any atom is -0.857 e. The topological polar surface area (TPSA) is 191 Å². The normalized spacial score (nSPS) is 22.7. The summed E-state index contributed by atoms with van der Waals surface area (Å²) in [5, 5.41) is 26.7. The first-order valence-corrected chi connectivity index (χ1v) is 14.8. The molecule has 0 aromatic heterocycles. The number of benzene rings is 2. The van der Waals surface area contributed by atoms with Crippen LogP contribution in [0.25, 0.3) is 0 Å². The maximum Gasteiger partial charge on any atom is 1.00 e. The molecule has 0 spiro atoms. The van der Waals surface area contributed by atoms with Crippen molar-refractivity contribution in [3.8, 4) is 0 Å². The molecule has 2 fully saturated rings. The zero-order valence-corrected chi connectivity index (χ0v) is 29.2. The van der Waals surface area contributed by atoms with Crippen LogP contribution in [-0.4, -0.2) is 87.7 Å². The monoisotopic (exact) mass is 669 g/mol. The Kier molecular flexibility index (Phi) is 17.8. The number of nitrogens with two attached hydrogens (primary N) is 1. The van der Waals surface area contributed by atoms with Gasteiger partial charge in [0.2, 0.25) is 0 Å². The molecule has 14 heteroatoms. The number of hydrogen-bond donors (Lipinski definition) is 3. The van der Waals surface area contributed by atoms with E-state index in [0.29, 0.717) is 47.8 Å². The Morgan fingerprint density at radius 1 is 0.739 bits per heavy atom. The van der Waals surface area contributed by atoms with Gasteiger partial charge >= 0.3 is 35.7 Å². The van der Waals surface area contributed by atoms with Crippen molar-refractivity contribution in [3.05, 3.63) is 70.8 Å². The number of carbonyl (C=O) groups is 5. The van der Waals surface area contributed by atoms with Crippen LogP contribution in [0.4, 0.5) is 4.79 Å². The number of carbonyl (C=O) groups excluding carboxylic acids is 5. The first-order chi connectivity index (χ1) is 21.1. The molecule has 2 aliphatic carbocycles. The molecule has 2 aromatic carbocycles. The van der Waals surface area contributed by atoms with E-state index in [4.69, 9.17) is 15.9 Å². The van der Waals surface area contributed by atoms with Crippen LogP contribution in [0.1, 0.15) is 99.7 Å². The largest absolute Gasteiger partial charge is 1.00 e. The quantitative estimate of drug-likeness (QED) is 0.282. The summed E-state index contributed by atoms with van der Waals surface area (Å²) in [6.45, 7) is 1.72. The van der Waals surface area contributed by atoms with E-state index in [9.17, 15) is 29.1 Å². The molecule has 4 N–H and O–H groups in total. The van der Waals surface area contributed by atoms with Crippen LogP contribution < -0.4 is 40.4 Å². The molecule has 0 bridgehead atoms. The van der Waals surface area contributed by atoms with E-state index in [0.717, 1.165) is 32.8 Å². The number of halogens is 1. The molecule has 6 rings (SSSR count). The van der Waals surface area contributed by atoms with Crippen LogP contribution >= 0.6 is 12.4 Å². The fourth-order valence-corrected chi connectivity index (χ4v) is 5.50. The SMILES string of the molecule is CCOC(=O)N1C(=O)c2ccccc2C1=O.C[O-].Cl.NC1CCC(O)CC1.O=C1c2ccccc2C(=O)N1C1CCC(O)CC1.[Na+]. The summed E-state index contributed by atoms with van der Waals surface area (Å²) < 4.78 is 4.64. The number of hydrogen-bond acceptors (Lipinski definition) is 10. The molecule has 4 aliphatic rings. The Hall–Kier alpha value is -2.68. The van der Waals surface area contributed by atoms with Crippen LogP contribution in [-0.2, 0) is 4.74 Å². The van der Waals surface area contributed by atoms with E-state index in [2.05, 4.69) is 4.74 Å². The van der Waals surface area contributed by atoms with Crippen LogP contribution in [0.15, 0.2) is 48.5 Å². The smallest absolute Gasteiger partial charge is 0.857 e. The second-order valence-electron chi connectivity index (χ2n) is 10.7. The Bertz CT molecular complexity index is 1270. The molecular formula is C32H41ClN3NaO9. The molecule has 246 valence electrons. The van der Waals surface area contributed by atoms with E-state index in [1.165, 1.54) is 17.0 Å². The summed E-state index contributed by atoms with van der Waals surface area (Å²) >= 11 is 0. The third-order valence-corrected chi connectivity index (χ3v) is 7.84. The van der Waals surface area contributed by atoms with E-state index < -0.39 is 17.9 Å². The average Bonchev–Trinajstić information content (AvgIpc) is 3.45. The van der Waals surface area contributed by atoms with Crippen LogP contribution in [0.2, 0.25) is 0 Å². The Morgan fingerprint density at radius 2 is 1.09 bits per heavy atom. The van der Waals surface area contributed by atoms with E-state index in [1.807, 2.05) is 0 Å². The minimum absolute atomic E-state index is 0. The predicted octanol–water partition coefficient (Wildman–Crippen LogP) is -0.324. The second-order valence-corrected chi connectivity index (χ2v) is 10.7. The standard InChI is InChI=1S/C14H15NO3.C11H9NO4.C6H13NO.CH3O.ClH.Na/c16-10-7-5-9(6-8-10)15-13(17)11-3-1-2-4-12(11)14(15)18;1-2-16-11(15)12-9(13)7-5-3-4-6-8(7)10(12)14;7-5-1-3-6(8)4-2-5;1-2;;/h1-4,9-10,16H,5-8H2;3-6H,2H2,1H3;5-6,8H,1-4,7H2;1H3;1H;/q;;;-1;;+1. The fourth-order valence-electron chi connectivity index (χ4n) is 5.50. The van der Waals surface area contributed by atoms with Crippen molar-refractivity contribution in [2.45, 2.75) is 82.6 Å². The molecule has 0 unspecified atom stereocenters. The van der Waals surface area contributed by atoms with Crippen molar-refractivity contribution in [1.29, 1.82) is 0 Å². The first-order valence-electron chi connectivity index (χ1n) is 14.8. The molecule has 0 radical (unpaired) electrons. The van der Waals surface area contributed by atoms with Gasteiger partial charge in [0.25, 0.3) is 23.6 Å². The van der Waals surface area contributed by atoms with Gasteiger partial charge < -0.3 is 25.8 Å².